The average molecular weight is 330 g/mol. The first-order chi connectivity index (χ1) is 11.0. The Labute approximate surface area is 136 Å². The van der Waals surface area contributed by atoms with E-state index in [0.29, 0.717) is 21.5 Å². The summed E-state index contributed by atoms with van der Waals surface area (Å²) in [6, 6.07) is 13.0. The maximum atomic E-state index is 12.7. The lowest BCUT2D eigenvalue weighted by atomic mass is 10.1. The third-order valence-electron chi connectivity index (χ3n) is 3.52. The van der Waals surface area contributed by atoms with Gasteiger partial charge in [-0.2, -0.15) is 0 Å². The number of rotatable bonds is 2. The molecule has 0 saturated carbocycles. The van der Waals surface area contributed by atoms with E-state index in [1.807, 2.05) is 0 Å². The molecule has 3 aromatic rings. The number of aromatic nitrogens is 1. The van der Waals surface area contributed by atoms with E-state index in [9.17, 15) is 14.7 Å². The first kappa shape index (κ1) is 15.1. The molecule has 1 heterocycles. The maximum Gasteiger partial charge on any atom is 0.343 e. The number of hydrogen-bond donors (Lipinski definition) is 1. The minimum Gasteiger partial charge on any atom is -0.493 e. The number of aromatic hydroxyl groups is 1. The Balaban J connectivity index is 2.48. The van der Waals surface area contributed by atoms with Crippen LogP contribution >= 0.6 is 11.6 Å². The number of ether oxygens (including phenoxy) is 1. The average Bonchev–Trinajstić information content (AvgIpc) is 2.55. The highest BCUT2D eigenvalue weighted by Gasteiger charge is 2.22. The summed E-state index contributed by atoms with van der Waals surface area (Å²) in [6.45, 7) is 0. The molecule has 0 radical (unpaired) electrons. The second-order valence-electron chi connectivity index (χ2n) is 4.86. The van der Waals surface area contributed by atoms with E-state index in [4.69, 9.17) is 16.3 Å². The van der Waals surface area contributed by atoms with Gasteiger partial charge in [0.2, 0.25) is 5.88 Å². The highest BCUT2D eigenvalue weighted by Crippen LogP contribution is 2.28. The van der Waals surface area contributed by atoms with Crippen molar-refractivity contribution in [1.29, 1.82) is 0 Å². The number of hydrogen-bond acceptors (Lipinski definition) is 4. The van der Waals surface area contributed by atoms with Crippen molar-refractivity contribution in [1.82, 2.24) is 4.57 Å². The van der Waals surface area contributed by atoms with Crippen LogP contribution in [-0.4, -0.2) is 22.8 Å². The summed E-state index contributed by atoms with van der Waals surface area (Å²) >= 11 is 5.96. The second kappa shape index (κ2) is 5.78. The molecule has 0 aliphatic carbocycles. The molecule has 2 aromatic carbocycles. The number of carbonyl (C=O) groups is 1. The number of fused-ring (bicyclic) bond motifs is 1. The fraction of sp³-hybridized carbons (Fsp3) is 0.0588. The van der Waals surface area contributed by atoms with Gasteiger partial charge in [0.25, 0.3) is 5.56 Å². The van der Waals surface area contributed by atoms with Crippen molar-refractivity contribution in [3.05, 3.63) is 69.5 Å². The zero-order chi connectivity index (χ0) is 16.6. The number of carbonyl (C=O) groups excluding carboxylic acids is 1. The summed E-state index contributed by atoms with van der Waals surface area (Å²) < 4.78 is 5.78. The second-order valence-corrected chi connectivity index (χ2v) is 5.29. The zero-order valence-corrected chi connectivity index (χ0v) is 12.9. The molecule has 0 spiro atoms. The third kappa shape index (κ3) is 2.45. The molecular weight excluding hydrogens is 318 g/mol. The van der Waals surface area contributed by atoms with Gasteiger partial charge in [0.1, 0.15) is 5.56 Å². The van der Waals surface area contributed by atoms with Crippen molar-refractivity contribution in [3.8, 4) is 11.6 Å². The van der Waals surface area contributed by atoms with E-state index in [0.717, 1.165) is 4.57 Å². The van der Waals surface area contributed by atoms with E-state index in [1.165, 1.54) is 13.2 Å². The maximum absolute atomic E-state index is 12.7. The number of nitrogens with zero attached hydrogens (tertiary/aromatic N) is 1. The van der Waals surface area contributed by atoms with Crippen LogP contribution in [0.5, 0.6) is 5.88 Å². The largest absolute Gasteiger partial charge is 0.493 e. The lowest BCUT2D eigenvalue weighted by Crippen LogP contribution is -2.21. The summed E-state index contributed by atoms with van der Waals surface area (Å²) in [5.74, 6) is -1.21. The molecule has 3 rings (SSSR count). The predicted octanol–water partition coefficient (Wildman–Crippen LogP) is 3.14. The van der Waals surface area contributed by atoms with E-state index < -0.39 is 17.4 Å². The van der Waals surface area contributed by atoms with Gasteiger partial charge in [-0.05, 0) is 24.3 Å². The van der Waals surface area contributed by atoms with Crippen LogP contribution in [0, 0.1) is 0 Å². The smallest absolute Gasteiger partial charge is 0.343 e. The van der Waals surface area contributed by atoms with Crippen LogP contribution in [0.1, 0.15) is 10.4 Å². The van der Waals surface area contributed by atoms with Gasteiger partial charge in [-0.3, -0.25) is 4.79 Å². The van der Waals surface area contributed by atoms with E-state index >= 15 is 0 Å². The molecule has 0 aliphatic rings. The van der Waals surface area contributed by atoms with Crippen LogP contribution in [0.3, 0.4) is 0 Å². The first-order valence-corrected chi connectivity index (χ1v) is 7.13. The van der Waals surface area contributed by atoms with Gasteiger partial charge in [0.05, 0.1) is 12.8 Å². The summed E-state index contributed by atoms with van der Waals surface area (Å²) in [7, 11) is 1.21. The topological polar surface area (TPSA) is 68.5 Å². The molecule has 0 aliphatic heterocycles. The molecule has 116 valence electrons. The van der Waals surface area contributed by atoms with Crippen LogP contribution in [0.2, 0.25) is 5.02 Å². The van der Waals surface area contributed by atoms with E-state index in [-0.39, 0.29) is 5.56 Å². The number of pyridine rings is 1. The molecule has 0 fully saturated rings. The Morgan fingerprint density at radius 1 is 1.13 bits per heavy atom. The number of halogens is 1. The lowest BCUT2D eigenvalue weighted by Gasteiger charge is -2.14. The summed E-state index contributed by atoms with van der Waals surface area (Å²) in [4.78, 5) is 24.8. The van der Waals surface area contributed by atoms with Gasteiger partial charge in [-0.1, -0.05) is 35.9 Å². The zero-order valence-electron chi connectivity index (χ0n) is 12.1. The normalized spacial score (nSPS) is 10.7. The van der Waals surface area contributed by atoms with Crippen molar-refractivity contribution in [2.24, 2.45) is 0 Å². The fourth-order valence-corrected chi connectivity index (χ4v) is 2.68. The van der Waals surface area contributed by atoms with E-state index in [2.05, 4.69) is 0 Å². The minimum absolute atomic E-state index is 0.0670. The van der Waals surface area contributed by atoms with Gasteiger partial charge in [0.15, 0.2) is 0 Å². The summed E-state index contributed by atoms with van der Waals surface area (Å²) in [5.41, 5.74) is -0.161. The van der Waals surface area contributed by atoms with E-state index in [1.54, 1.807) is 42.5 Å². The Morgan fingerprint density at radius 3 is 2.48 bits per heavy atom. The third-order valence-corrected chi connectivity index (χ3v) is 3.76. The van der Waals surface area contributed by atoms with Gasteiger partial charge in [0, 0.05) is 15.8 Å². The van der Waals surface area contributed by atoms with Gasteiger partial charge in [-0.15, -0.1) is 0 Å². The van der Waals surface area contributed by atoms with Crippen molar-refractivity contribution in [3.63, 3.8) is 0 Å². The number of esters is 1. The Bertz CT molecular complexity index is 978. The molecule has 0 unspecified atom stereocenters. The first-order valence-electron chi connectivity index (χ1n) is 6.75. The van der Waals surface area contributed by atoms with Crippen LogP contribution in [0.4, 0.5) is 0 Å². The van der Waals surface area contributed by atoms with Crippen molar-refractivity contribution in [2.75, 3.05) is 7.11 Å². The van der Waals surface area contributed by atoms with Gasteiger partial charge < -0.3 is 9.84 Å². The summed E-state index contributed by atoms with van der Waals surface area (Å²) in [6.07, 6.45) is 0. The minimum atomic E-state index is -0.727. The van der Waals surface area contributed by atoms with Gasteiger partial charge >= 0.3 is 5.97 Å². The Morgan fingerprint density at radius 2 is 1.83 bits per heavy atom. The molecule has 0 saturated heterocycles. The van der Waals surface area contributed by atoms with Gasteiger partial charge in [-0.25, -0.2) is 9.36 Å². The molecular formula is C17H12ClNO4. The molecule has 0 bridgehead atoms. The quantitative estimate of drug-likeness (QED) is 0.733. The summed E-state index contributed by atoms with van der Waals surface area (Å²) in [5, 5.41) is 11.6. The van der Waals surface area contributed by atoms with Crippen molar-refractivity contribution >= 4 is 28.3 Å². The molecule has 1 N–H and O–H groups in total. The highest BCUT2D eigenvalue weighted by atomic mass is 35.5. The molecule has 0 atom stereocenters. The van der Waals surface area contributed by atoms with Crippen LogP contribution < -0.4 is 5.56 Å². The van der Waals surface area contributed by atoms with Crippen molar-refractivity contribution < 1.29 is 14.6 Å². The fourth-order valence-electron chi connectivity index (χ4n) is 2.49. The van der Waals surface area contributed by atoms with Crippen molar-refractivity contribution in [2.45, 2.75) is 0 Å². The molecule has 23 heavy (non-hydrogen) atoms. The predicted molar refractivity (Wildman–Crippen MR) is 87.6 cm³/mol. The molecule has 0 amide bonds. The Kier molecular flexibility index (Phi) is 3.80. The van der Waals surface area contributed by atoms with Crippen LogP contribution in [-0.2, 0) is 4.74 Å². The SMILES string of the molecule is COC(=O)c1c(O)n(-c2cccc(Cl)c2)c(=O)c2ccccc12. The number of methoxy groups -OCH3 is 1. The lowest BCUT2D eigenvalue weighted by molar-refractivity contribution is 0.0598. The van der Waals surface area contributed by atoms with Crippen LogP contribution in [0.25, 0.3) is 16.5 Å². The monoisotopic (exact) mass is 329 g/mol. The molecule has 6 heteroatoms. The molecule has 1 aromatic heterocycles. The Hall–Kier alpha value is -2.79. The van der Waals surface area contributed by atoms with Crippen LogP contribution in [0.15, 0.2) is 53.3 Å². The number of benzene rings is 2. The standard InChI is InChI=1S/C17H12ClNO4/c1-23-17(22)14-12-7-2-3-8-13(12)15(20)19(16(14)21)11-6-4-5-10(18)9-11/h2-9,21H,1H3. The highest BCUT2D eigenvalue weighted by molar-refractivity contribution is 6.30. The molecule has 5 nitrogen and oxygen atoms in total.